The molecule has 0 saturated heterocycles. The molecule has 1 aliphatic carbocycles. The highest BCUT2D eigenvalue weighted by Gasteiger charge is 2.37. The first-order valence-electron chi connectivity index (χ1n) is 5.08. The van der Waals surface area contributed by atoms with Gasteiger partial charge in [-0.2, -0.15) is 0 Å². The molecule has 0 aromatic carbocycles. The van der Waals surface area contributed by atoms with Crippen LogP contribution < -0.4 is 11.1 Å². The normalized spacial score (nSPS) is 16.7. The molecule has 1 aromatic rings. The van der Waals surface area contributed by atoms with E-state index in [0.29, 0.717) is 5.82 Å². The molecule has 3 N–H and O–H groups in total. The van der Waals surface area contributed by atoms with Crippen molar-refractivity contribution in [1.29, 1.82) is 0 Å². The Kier molecular flexibility index (Phi) is 2.10. The second-order valence-corrected chi connectivity index (χ2v) is 4.56. The highest BCUT2D eigenvalue weighted by Crippen LogP contribution is 2.41. The average Bonchev–Trinajstić information content (AvgIpc) is 2.91. The first-order chi connectivity index (χ1) is 6.59. The third-order valence-electron chi connectivity index (χ3n) is 2.89. The molecule has 1 aromatic heterocycles. The largest absolute Gasteiger partial charge is 0.382 e. The minimum atomic E-state index is 0.136. The lowest BCUT2D eigenvalue weighted by molar-refractivity contribution is 0.494. The average molecular weight is 191 g/mol. The van der Waals surface area contributed by atoms with Crippen molar-refractivity contribution in [2.24, 2.45) is 5.92 Å². The first-order valence-corrected chi connectivity index (χ1v) is 5.08. The van der Waals surface area contributed by atoms with E-state index in [1.807, 2.05) is 12.1 Å². The van der Waals surface area contributed by atoms with E-state index in [1.54, 1.807) is 6.20 Å². The molecule has 0 atom stereocenters. The van der Waals surface area contributed by atoms with Crippen molar-refractivity contribution in [1.82, 2.24) is 4.98 Å². The van der Waals surface area contributed by atoms with Gasteiger partial charge in [-0.1, -0.05) is 0 Å². The summed E-state index contributed by atoms with van der Waals surface area (Å²) in [6.45, 7) is 4.44. The number of nitrogens with zero attached hydrogens (tertiary/aromatic N) is 1. The Morgan fingerprint density at radius 2 is 2.21 bits per heavy atom. The Bertz CT molecular complexity index is 329. The Labute approximate surface area is 84.7 Å². The topological polar surface area (TPSA) is 50.9 Å². The smallest absolute Gasteiger partial charge is 0.146 e. The molecule has 3 nitrogen and oxygen atoms in total. The van der Waals surface area contributed by atoms with Gasteiger partial charge in [0.25, 0.3) is 0 Å². The highest BCUT2D eigenvalue weighted by molar-refractivity contribution is 5.62. The number of rotatable bonds is 3. The number of nitrogens with two attached hydrogens (primary N) is 1. The van der Waals surface area contributed by atoms with Crippen LogP contribution >= 0.6 is 0 Å². The van der Waals surface area contributed by atoms with Gasteiger partial charge < -0.3 is 11.1 Å². The number of nitrogens with one attached hydrogen (secondary N) is 1. The minimum absolute atomic E-state index is 0.136. The van der Waals surface area contributed by atoms with E-state index in [2.05, 4.69) is 24.1 Å². The van der Waals surface area contributed by atoms with E-state index in [4.69, 9.17) is 5.73 Å². The minimum Gasteiger partial charge on any atom is -0.382 e. The molecule has 0 radical (unpaired) electrons. The molecule has 0 spiro atoms. The van der Waals surface area contributed by atoms with Crippen LogP contribution in [0.1, 0.15) is 26.7 Å². The predicted octanol–water partition coefficient (Wildman–Crippen LogP) is 2.26. The van der Waals surface area contributed by atoms with E-state index in [1.165, 1.54) is 12.8 Å². The van der Waals surface area contributed by atoms with Crippen molar-refractivity contribution in [2.75, 3.05) is 11.1 Å². The van der Waals surface area contributed by atoms with Crippen molar-refractivity contribution in [3.8, 4) is 0 Å². The number of nitrogen functional groups attached to an aromatic ring is 1. The van der Waals surface area contributed by atoms with Gasteiger partial charge in [0.05, 0.1) is 5.69 Å². The van der Waals surface area contributed by atoms with Crippen LogP contribution in [0.3, 0.4) is 0 Å². The summed E-state index contributed by atoms with van der Waals surface area (Å²) in [4.78, 5) is 4.06. The third kappa shape index (κ3) is 1.81. The number of aromatic nitrogens is 1. The maximum atomic E-state index is 5.77. The van der Waals surface area contributed by atoms with Crippen molar-refractivity contribution in [2.45, 2.75) is 32.2 Å². The second kappa shape index (κ2) is 3.15. The highest BCUT2D eigenvalue weighted by atomic mass is 15.0. The number of hydrogen-bond acceptors (Lipinski definition) is 3. The van der Waals surface area contributed by atoms with Crippen LogP contribution in [0, 0.1) is 5.92 Å². The van der Waals surface area contributed by atoms with Crippen molar-refractivity contribution in [3.63, 3.8) is 0 Å². The summed E-state index contributed by atoms with van der Waals surface area (Å²) in [5.74, 6) is 1.36. The van der Waals surface area contributed by atoms with Gasteiger partial charge >= 0.3 is 0 Å². The van der Waals surface area contributed by atoms with E-state index in [-0.39, 0.29) is 5.54 Å². The number of hydrogen-bond donors (Lipinski definition) is 2. The summed E-state index contributed by atoms with van der Waals surface area (Å²) in [5.41, 5.74) is 6.86. The summed E-state index contributed by atoms with van der Waals surface area (Å²) in [5, 5.41) is 3.46. The van der Waals surface area contributed by atoms with Gasteiger partial charge in [0.15, 0.2) is 0 Å². The molecule has 76 valence electrons. The lowest BCUT2D eigenvalue weighted by atomic mass is 9.98. The van der Waals surface area contributed by atoms with Crippen molar-refractivity contribution >= 4 is 11.5 Å². The quantitative estimate of drug-likeness (QED) is 0.770. The molecule has 1 saturated carbocycles. The molecule has 2 rings (SSSR count). The number of anilines is 2. The van der Waals surface area contributed by atoms with Crippen LogP contribution in [0.15, 0.2) is 18.3 Å². The van der Waals surface area contributed by atoms with Crippen molar-refractivity contribution in [3.05, 3.63) is 18.3 Å². The lowest BCUT2D eigenvalue weighted by Gasteiger charge is -2.27. The van der Waals surface area contributed by atoms with Crippen LogP contribution in [-0.2, 0) is 0 Å². The monoisotopic (exact) mass is 191 g/mol. The molecule has 0 aliphatic heterocycles. The molecule has 0 unspecified atom stereocenters. The van der Waals surface area contributed by atoms with Crippen LogP contribution in [0.5, 0.6) is 0 Å². The zero-order valence-electron chi connectivity index (χ0n) is 8.75. The number of pyridine rings is 1. The molecule has 14 heavy (non-hydrogen) atoms. The maximum Gasteiger partial charge on any atom is 0.146 e. The van der Waals surface area contributed by atoms with E-state index in [0.717, 1.165) is 11.6 Å². The van der Waals surface area contributed by atoms with Crippen LogP contribution in [0.2, 0.25) is 0 Å². The van der Waals surface area contributed by atoms with Crippen molar-refractivity contribution < 1.29 is 0 Å². The van der Waals surface area contributed by atoms with Crippen LogP contribution in [-0.4, -0.2) is 10.5 Å². The SMILES string of the molecule is CC(C)(Nc1cccnc1N)C1CC1. The first kappa shape index (κ1) is 9.31. The molecular formula is C11H17N3. The Balaban J connectivity index is 2.13. The summed E-state index contributed by atoms with van der Waals surface area (Å²) in [7, 11) is 0. The van der Waals surface area contributed by atoms with Gasteiger partial charge in [-0.15, -0.1) is 0 Å². The van der Waals surface area contributed by atoms with Gasteiger partial charge in [-0.3, -0.25) is 0 Å². The van der Waals surface area contributed by atoms with Crippen LogP contribution in [0.4, 0.5) is 11.5 Å². The lowest BCUT2D eigenvalue weighted by Crippen LogP contribution is -2.33. The zero-order valence-corrected chi connectivity index (χ0v) is 8.75. The van der Waals surface area contributed by atoms with Gasteiger partial charge in [0.1, 0.15) is 5.82 Å². The fourth-order valence-electron chi connectivity index (χ4n) is 1.78. The zero-order chi connectivity index (χ0) is 10.2. The Morgan fingerprint density at radius 3 is 2.79 bits per heavy atom. The Hall–Kier alpha value is -1.25. The van der Waals surface area contributed by atoms with E-state index < -0.39 is 0 Å². The summed E-state index contributed by atoms with van der Waals surface area (Å²) in [6.07, 6.45) is 4.35. The van der Waals surface area contributed by atoms with Gasteiger partial charge in [-0.25, -0.2) is 4.98 Å². The van der Waals surface area contributed by atoms with Gasteiger partial charge in [-0.05, 0) is 44.7 Å². The van der Waals surface area contributed by atoms with Gasteiger partial charge in [0.2, 0.25) is 0 Å². The molecule has 1 aliphatic rings. The molecular weight excluding hydrogens is 174 g/mol. The maximum absolute atomic E-state index is 5.77. The van der Waals surface area contributed by atoms with Crippen LogP contribution in [0.25, 0.3) is 0 Å². The van der Waals surface area contributed by atoms with E-state index in [9.17, 15) is 0 Å². The molecule has 1 heterocycles. The fourth-order valence-corrected chi connectivity index (χ4v) is 1.78. The third-order valence-corrected chi connectivity index (χ3v) is 2.89. The van der Waals surface area contributed by atoms with Gasteiger partial charge in [0, 0.05) is 11.7 Å². The molecule has 1 fully saturated rings. The fraction of sp³-hybridized carbons (Fsp3) is 0.545. The summed E-state index contributed by atoms with van der Waals surface area (Å²) >= 11 is 0. The molecule has 0 bridgehead atoms. The summed E-state index contributed by atoms with van der Waals surface area (Å²) < 4.78 is 0. The molecule has 0 amide bonds. The standard InChI is InChI=1S/C11H17N3/c1-11(2,8-5-6-8)14-9-4-3-7-13-10(9)12/h3-4,7-8,14H,5-6H2,1-2H3,(H2,12,13). The Morgan fingerprint density at radius 1 is 1.50 bits per heavy atom. The second-order valence-electron chi connectivity index (χ2n) is 4.56. The molecule has 3 heteroatoms. The predicted molar refractivity (Wildman–Crippen MR) is 59.1 cm³/mol. The summed E-state index contributed by atoms with van der Waals surface area (Å²) in [6, 6.07) is 3.88. The van der Waals surface area contributed by atoms with E-state index >= 15 is 0 Å².